The van der Waals surface area contributed by atoms with Crippen molar-refractivity contribution >= 4 is 17.4 Å². The molecular weight excluding hydrogens is 260 g/mol. The van der Waals surface area contributed by atoms with Gasteiger partial charge in [0, 0.05) is 0 Å². The molecule has 0 saturated heterocycles. The van der Waals surface area contributed by atoms with Crippen LogP contribution in [0.3, 0.4) is 0 Å². The first kappa shape index (κ1) is 13.7. The van der Waals surface area contributed by atoms with Gasteiger partial charge in [-0.15, -0.1) is 10.2 Å². The van der Waals surface area contributed by atoms with Gasteiger partial charge in [0.2, 0.25) is 11.5 Å². The molecule has 0 radical (unpaired) electrons. The first-order chi connectivity index (χ1) is 9.70. The van der Waals surface area contributed by atoms with E-state index < -0.39 is 5.97 Å². The first-order valence-corrected chi connectivity index (χ1v) is 6.02. The normalized spacial score (nSPS) is 11.2. The minimum Gasteiger partial charge on any atom is -0.461 e. The van der Waals surface area contributed by atoms with E-state index in [-0.39, 0.29) is 18.1 Å². The molecule has 0 aliphatic carbocycles. The molecule has 1 heterocycles. The molecule has 8 nitrogen and oxygen atoms in total. The van der Waals surface area contributed by atoms with Crippen molar-refractivity contribution in [2.24, 2.45) is 5.10 Å². The van der Waals surface area contributed by atoms with E-state index in [1.165, 1.54) is 0 Å². The molecule has 0 bridgehead atoms. The van der Waals surface area contributed by atoms with Gasteiger partial charge in [0.25, 0.3) is 0 Å². The van der Waals surface area contributed by atoms with Gasteiger partial charge in [-0.05, 0) is 31.2 Å². The maximum absolute atomic E-state index is 11.8. The summed E-state index contributed by atoms with van der Waals surface area (Å²) in [5.74, 6) is -0.545. The number of tetrazole rings is 1. The lowest BCUT2D eigenvalue weighted by Gasteiger charge is -2.04. The van der Waals surface area contributed by atoms with Gasteiger partial charge in [0.1, 0.15) is 0 Å². The molecule has 0 fully saturated rings. The Morgan fingerprint density at radius 1 is 1.40 bits per heavy atom. The predicted molar refractivity (Wildman–Crippen MR) is 72.1 cm³/mol. The number of anilines is 1. The van der Waals surface area contributed by atoms with Gasteiger partial charge in [-0.3, -0.25) is 5.43 Å². The molecule has 8 heteroatoms. The third kappa shape index (κ3) is 3.37. The van der Waals surface area contributed by atoms with Gasteiger partial charge in [0.05, 0.1) is 12.3 Å². The fourth-order valence-electron chi connectivity index (χ4n) is 1.40. The number of benzene rings is 1. The van der Waals surface area contributed by atoms with Crippen LogP contribution in [0.5, 0.6) is 0 Å². The highest BCUT2D eigenvalue weighted by atomic mass is 16.5. The highest BCUT2D eigenvalue weighted by Gasteiger charge is 2.20. The Balaban J connectivity index is 2.20. The van der Waals surface area contributed by atoms with E-state index in [4.69, 9.17) is 4.74 Å². The van der Waals surface area contributed by atoms with E-state index in [1.54, 1.807) is 6.92 Å². The largest absolute Gasteiger partial charge is 0.461 e. The van der Waals surface area contributed by atoms with Gasteiger partial charge in [-0.1, -0.05) is 17.7 Å². The van der Waals surface area contributed by atoms with Crippen molar-refractivity contribution in [3.63, 3.8) is 0 Å². The lowest BCUT2D eigenvalue weighted by atomic mass is 10.2. The maximum atomic E-state index is 11.8. The smallest absolute Gasteiger partial charge is 0.362 e. The van der Waals surface area contributed by atoms with Crippen LogP contribution in [0.25, 0.3) is 0 Å². The van der Waals surface area contributed by atoms with Crippen LogP contribution in [0.15, 0.2) is 29.4 Å². The minimum atomic E-state index is -0.617. The number of nitrogens with one attached hydrogen (secondary N) is 2. The van der Waals surface area contributed by atoms with Crippen LogP contribution >= 0.6 is 0 Å². The minimum absolute atomic E-state index is 0.0406. The number of rotatable bonds is 5. The van der Waals surface area contributed by atoms with Crippen molar-refractivity contribution in [1.82, 2.24) is 20.6 Å². The molecule has 0 unspecified atom stereocenters. The number of hydrazone groups is 1. The topological polar surface area (TPSA) is 105 Å². The Kier molecular flexibility index (Phi) is 4.38. The second-order valence-electron chi connectivity index (χ2n) is 3.89. The zero-order valence-electron chi connectivity index (χ0n) is 11.1. The number of hydrogen-bond donors (Lipinski definition) is 2. The van der Waals surface area contributed by atoms with Crippen molar-refractivity contribution in [3.8, 4) is 0 Å². The van der Waals surface area contributed by atoms with Crippen LogP contribution in [-0.2, 0) is 9.53 Å². The van der Waals surface area contributed by atoms with Gasteiger partial charge in [0.15, 0.2) is 0 Å². The average Bonchev–Trinajstić information content (AvgIpc) is 2.95. The molecule has 2 aromatic rings. The molecule has 0 aliphatic rings. The van der Waals surface area contributed by atoms with Gasteiger partial charge < -0.3 is 4.74 Å². The van der Waals surface area contributed by atoms with Crippen molar-refractivity contribution in [3.05, 3.63) is 35.7 Å². The number of nitrogens with zero attached hydrogens (tertiary/aromatic N) is 4. The number of aromatic amines is 1. The summed E-state index contributed by atoms with van der Waals surface area (Å²) in [4.78, 5) is 11.8. The van der Waals surface area contributed by atoms with Crippen molar-refractivity contribution < 1.29 is 9.53 Å². The number of aromatic nitrogens is 4. The Labute approximate surface area is 115 Å². The zero-order chi connectivity index (χ0) is 14.4. The number of carbonyl (C=O) groups is 1. The third-order valence-electron chi connectivity index (χ3n) is 2.37. The highest BCUT2D eigenvalue weighted by molar-refractivity contribution is 6.42. The van der Waals surface area contributed by atoms with Crippen LogP contribution in [-0.4, -0.2) is 38.9 Å². The van der Waals surface area contributed by atoms with Crippen LogP contribution < -0.4 is 5.43 Å². The Morgan fingerprint density at radius 2 is 2.15 bits per heavy atom. The van der Waals surface area contributed by atoms with Crippen LogP contribution in [0.1, 0.15) is 18.3 Å². The summed E-state index contributed by atoms with van der Waals surface area (Å²) in [5.41, 5.74) is 4.59. The molecule has 0 spiro atoms. The van der Waals surface area contributed by atoms with Gasteiger partial charge >= 0.3 is 5.97 Å². The summed E-state index contributed by atoms with van der Waals surface area (Å²) >= 11 is 0. The number of carbonyl (C=O) groups excluding carboxylic acids is 1. The molecule has 104 valence electrons. The van der Waals surface area contributed by atoms with E-state index >= 15 is 0 Å². The fourth-order valence-corrected chi connectivity index (χ4v) is 1.40. The van der Waals surface area contributed by atoms with E-state index in [9.17, 15) is 4.79 Å². The van der Waals surface area contributed by atoms with Crippen LogP contribution in [0.2, 0.25) is 0 Å². The maximum Gasteiger partial charge on any atom is 0.362 e. The number of H-pyrrole nitrogens is 1. The molecule has 20 heavy (non-hydrogen) atoms. The van der Waals surface area contributed by atoms with E-state index in [0.29, 0.717) is 0 Å². The van der Waals surface area contributed by atoms with Crippen LogP contribution in [0, 0.1) is 6.92 Å². The Morgan fingerprint density at radius 3 is 2.75 bits per heavy atom. The Bertz CT molecular complexity index is 591. The molecular formula is C12H14N6O2. The van der Waals surface area contributed by atoms with Crippen molar-refractivity contribution in [1.29, 1.82) is 0 Å². The summed E-state index contributed by atoms with van der Waals surface area (Å²) < 4.78 is 4.90. The van der Waals surface area contributed by atoms with E-state index in [2.05, 4.69) is 31.2 Å². The predicted octanol–water partition coefficient (Wildman–Crippen LogP) is 0.887. The molecule has 0 amide bonds. The second kappa shape index (κ2) is 6.41. The van der Waals surface area contributed by atoms with E-state index in [0.717, 1.165) is 11.3 Å². The number of hydrogen-bond acceptors (Lipinski definition) is 7. The van der Waals surface area contributed by atoms with Crippen molar-refractivity contribution in [2.45, 2.75) is 13.8 Å². The third-order valence-corrected chi connectivity index (χ3v) is 2.37. The molecule has 1 aromatic carbocycles. The standard InChI is InChI=1S/C12H14N6O2/c1-3-20-12(19)10(11-15-17-18-16-11)14-13-9-6-4-8(2)5-7-9/h4-7,13H,3H2,1-2H3,(H,15,16,17,18)/b14-10-. The molecule has 0 atom stereocenters. The SMILES string of the molecule is CCOC(=O)/C(=N\Nc1ccc(C)cc1)c1nn[nH]n1. The zero-order valence-corrected chi connectivity index (χ0v) is 11.1. The second-order valence-corrected chi connectivity index (χ2v) is 3.89. The summed E-state index contributed by atoms with van der Waals surface area (Å²) in [6, 6.07) is 7.54. The number of aryl methyl sites for hydroxylation is 1. The fraction of sp³-hybridized carbons (Fsp3) is 0.250. The molecule has 2 N–H and O–H groups in total. The average molecular weight is 274 g/mol. The van der Waals surface area contributed by atoms with Gasteiger partial charge in [-0.25, -0.2) is 4.79 Å². The first-order valence-electron chi connectivity index (χ1n) is 6.02. The monoisotopic (exact) mass is 274 g/mol. The molecule has 0 aliphatic heterocycles. The number of esters is 1. The van der Waals surface area contributed by atoms with Crippen molar-refractivity contribution in [2.75, 3.05) is 12.0 Å². The Hall–Kier alpha value is -2.77. The lowest BCUT2D eigenvalue weighted by molar-refractivity contribution is -0.134. The summed E-state index contributed by atoms with van der Waals surface area (Å²) in [6.07, 6.45) is 0. The molecule has 0 saturated carbocycles. The molecule has 2 rings (SSSR count). The summed E-state index contributed by atoms with van der Waals surface area (Å²) in [6.45, 7) is 3.93. The summed E-state index contributed by atoms with van der Waals surface area (Å²) in [7, 11) is 0. The molecule has 1 aromatic heterocycles. The highest BCUT2D eigenvalue weighted by Crippen LogP contribution is 2.09. The summed E-state index contributed by atoms with van der Waals surface area (Å²) in [5, 5.41) is 17.1. The quantitative estimate of drug-likeness (QED) is 0.476. The number of ether oxygens (including phenoxy) is 1. The lowest BCUT2D eigenvalue weighted by Crippen LogP contribution is -2.21. The van der Waals surface area contributed by atoms with Gasteiger partial charge in [-0.2, -0.15) is 10.3 Å². The van der Waals surface area contributed by atoms with E-state index in [1.807, 2.05) is 31.2 Å². The van der Waals surface area contributed by atoms with Crippen LogP contribution in [0.4, 0.5) is 5.69 Å².